The van der Waals surface area contributed by atoms with Crippen molar-refractivity contribution in [2.75, 3.05) is 19.6 Å². The Morgan fingerprint density at radius 2 is 1.89 bits per heavy atom. The Kier molecular flexibility index (Phi) is 5.63. The number of carbonyl (C=O) groups is 2. The standard InChI is InChI=1S/C14H19FN2O2/c1-10(2)7-17(9-14(16)19)8-13(18)11-5-3-4-6-12(11)15/h3-6,10H,7-9H2,1-2H3,(H2,16,19). The lowest BCUT2D eigenvalue weighted by atomic mass is 10.1. The molecule has 0 heterocycles. The first kappa shape index (κ1) is 15.3. The maximum atomic E-state index is 13.5. The van der Waals surface area contributed by atoms with Gasteiger partial charge in [0, 0.05) is 6.54 Å². The number of hydrogen-bond donors (Lipinski definition) is 1. The molecular formula is C14H19FN2O2. The number of rotatable bonds is 7. The van der Waals surface area contributed by atoms with Crippen LogP contribution in [0.5, 0.6) is 0 Å². The molecule has 0 fully saturated rings. The number of hydrogen-bond acceptors (Lipinski definition) is 3. The van der Waals surface area contributed by atoms with Crippen LogP contribution in [-0.2, 0) is 4.79 Å². The third kappa shape index (κ3) is 5.18. The van der Waals surface area contributed by atoms with Crippen LogP contribution in [0.25, 0.3) is 0 Å². The van der Waals surface area contributed by atoms with Gasteiger partial charge in [-0.3, -0.25) is 14.5 Å². The van der Waals surface area contributed by atoms with Crippen molar-refractivity contribution in [1.29, 1.82) is 0 Å². The summed E-state index contributed by atoms with van der Waals surface area (Å²) in [5.41, 5.74) is 5.19. The predicted molar refractivity (Wildman–Crippen MR) is 71.2 cm³/mol. The second-order valence-electron chi connectivity index (χ2n) is 4.93. The number of halogens is 1. The first-order valence-corrected chi connectivity index (χ1v) is 6.18. The number of ketones is 1. The molecule has 19 heavy (non-hydrogen) atoms. The summed E-state index contributed by atoms with van der Waals surface area (Å²) in [5, 5.41) is 0. The molecule has 1 aromatic rings. The first-order valence-electron chi connectivity index (χ1n) is 6.18. The summed E-state index contributed by atoms with van der Waals surface area (Å²) in [7, 11) is 0. The highest BCUT2D eigenvalue weighted by molar-refractivity contribution is 5.98. The van der Waals surface area contributed by atoms with E-state index in [1.807, 2.05) is 13.8 Å². The number of nitrogens with two attached hydrogens (primary N) is 1. The molecule has 0 bridgehead atoms. The highest BCUT2D eigenvalue weighted by Crippen LogP contribution is 2.09. The van der Waals surface area contributed by atoms with Gasteiger partial charge in [0.2, 0.25) is 5.91 Å². The van der Waals surface area contributed by atoms with Gasteiger partial charge in [-0.1, -0.05) is 26.0 Å². The lowest BCUT2D eigenvalue weighted by Crippen LogP contribution is -2.39. The molecular weight excluding hydrogens is 247 g/mol. The van der Waals surface area contributed by atoms with Crippen LogP contribution in [0.15, 0.2) is 24.3 Å². The molecule has 1 aromatic carbocycles. The largest absolute Gasteiger partial charge is 0.369 e. The van der Waals surface area contributed by atoms with E-state index in [-0.39, 0.29) is 30.4 Å². The minimum Gasteiger partial charge on any atom is -0.369 e. The van der Waals surface area contributed by atoms with E-state index in [0.717, 1.165) is 0 Å². The summed E-state index contributed by atoms with van der Waals surface area (Å²) in [4.78, 5) is 24.6. The van der Waals surface area contributed by atoms with Gasteiger partial charge in [0.05, 0.1) is 18.7 Å². The van der Waals surface area contributed by atoms with Crippen LogP contribution in [0.3, 0.4) is 0 Å². The van der Waals surface area contributed by atoms with Crippen LogP contribution in [0.4, 0.5) is 4.39 Å². The Morgan fingerprint density at radius 1 is 1.26 bits per heavy atom. The van der Waals surface area contributed by atoms with Crippen LogP contribution < -0.4 is 5.73 Å². The predicted octanol–water partition coefficient (Wildman–Crippen LogP) is 1.45. The fourth-order valence-electron chi connectivity index (χ4n) is 1.90. The molecule has 0 aliphatic rings. The Labute approximate surface area is 112 Å². The normalized spacial score (nSPS) is 11.0. The molecule has 0 aromatic heterocycles. The molecule has 0 spiro atoms. The van der Waals surface area contributed by atoms with E-state index in [1.165, 1.54) is 18.2 Å². The smallest absolute Gasteiger partial charge is 0.231 e. The van der Waals surface area contributed by atoms with Gasteiger partial charge in [-0.05, 0) is 18.1 Å². The SMILES string of the molecule is CC(C)CN(CC(N)=O)CC(=O)c1ccccc1F. The lowest BCUT2D eigenvalue weighted by molar-refractivity contribution is -0.119. The second kappa shape index (κ2) is 6.99. The topological polar surface area (TPSA) is 63.4 Å². The Balaban J connectivity index is 2.75. The minimum atomic E-state index is -0.545. The molecule has 1 amide bonds. The number of carbonyl (C=O) groups excluding carboxylic acids is 2. The van der Waals surface area contributed by atoms with E-state index in [1.54, 1.807) is 11.0 Å². The van der Waals surface area contributed by atoms with Gasteiger partial charge in [0.15, 0.2) is 5.78 Å². The molecule has 0 saturated carbocycles. The maximum absolute atomic E-state index is 13.5. The fraction of sp³-hybridized carbons (Fsp3) is 0.429. The highest BCUT2D eigenvalue weighted by atomic mass is 19.1. The average Bonchev–Trinajstić information content (AvgIpc) is 2.27. The Bertz CT molecular complexity index is 461. The van der Waals surface area contributed by atoms with E-state index in [9.17, 15) is 14.0 Å². The average molecular weight is 266 g/mol. The van der Waals surface area contributed by atoms with Crippen molar-refractivity contribution in [3.8, 4) is 0 Å². The van der Waals surface area contributed by atoms with Crippen molar-refractivity contribution in [2.24, 2.45) is 11.7 Å². The lowest BCUT2D eigenvalue weighted by Gasteiger charge is -2.21. The summed E-state index contributed by atoms with van der Waals surface area (Å²) in [6, 6.07) is 5.82. The molecule has 0 radical (unpaired) electrons. The summed E-state index contributed by atoms with van der Waals surface area (Å²) in [5.74, 6) is -1.11. The van der Waals surface area contributed by atoms with Crippen LogP contribution in [0.1, 0.15) is 24.2 Å². The highest BCUT2D eigenvalue weighted by Gasteiger charge is 2.17. The first-order chi connectivity index (χ1) is 8.90. The maximum Gasteiger partial charge on any atom is 0.231 e. The molecule has 0 atom stereocenters. The Hall–Kier alpha value is -1.75. The molecule has 1 rings (SSSR count). The summed E-state index contributed by atoms with van der Waals surface area (Å²) >= 11 is 0. The van der Waals surface area contributed by atoms with Crippen molar-refractivity contribution in [1.82, 2.24) is 4.90 Å². The second-order valence-corrected chi connectivity index (χ2v) is 4.93. The zero-order valence-corrected chi connectivity index (χ0v) is 11.2. The quantitative estimate of drug-likeness (QED) is 0.760. The minimum absolute atomic E-state index is 0.00161. The molecule has 5 heteroatoms. The van der Waals surface area contributed by atoms with Crippen LogP contribution in [-0.4, -0.2) is 36.2 Å². The molecule has 2 N–H and O–H groups in total. The molecule has 4 nitrogen and oxygen atoms in total. The Morgan fingerprint density at radius 3 is 2.42 bits per heavy atom. The van der Waals surface area contributed by atoms with Gasteiger partial charge in [-0.2, -0.15) is 0 Å². The van der Waals surface area contributed by atoms with E-state index < -0.39 is 11.7 Å². The molecule has 0 aliphatic carbocycles. The van der Waals surface area contributed by atoms with Crippen molar-refractivity contribution in [3.05, 3.63) is 35.6 Å². The zero-order valence-electron chi connectivity index (χ0n) is 11.2. The van der Waals surface area contributed by atoms with E-state index in [2.05, 4.69) is 0 Å². The van der Waals surface area contributed by atoms with Crippen molar-refractivity contribution in [2.45, 2.75) is 13.8 Å². The third-order valence-electron chi connectivity index (χ3n) is 2.54. The zero-order chi connectivity index (χ0) is 14.4. The van der Waals surface area contributed by atoms with Gasteiger partial charge in [0.1, 0.15) is 5.82 Å². The number of nitrogens with zero attached hydrogens (tertiary/aromatic N) is 1. The van der Waals surface area contributed by atoms with Gasteiger partial charge in [-0.15, -0.1) is 0 Å². The summed E-state index contributed by atoms with van der Waals surface area (Å²) in [6.07, 6.45) is 0. The van der Waals surface area contributed by atoms with Crippen LogP contribution >= 0.6 is 0 Å². The van der Waals surface area contributed by atoms with Crippen LogP contribution in [0, 0.1) is 11.7 Å². The van der Waals surface area contributed by atoms with Gasteiger partial charge in [-0.25, -0.2) is 4.39 Å². The third-order valence-corrected chi connectivity index (χ3v) is 2.54. The molecule has 0 aliphatic heterocycles. The van der Waals surface area contributed by atoms with Gasteiger partial charge < -0.3 is 5.73 Å². The number of amides is 1. The molecule has 104 valence electrons. The van der Waals surface area contributed by atoms with Gasteiger partial charge in [0.25, 0.3) is 0 Å². The molecule has 0 saturated heterocycles. The van der Waals surface area contributed by atoms with Crippen molar-refractivity contribution >= 4 is 11.7 Å². The van der Waals surface area contributed by atoms with Crippen molar-refractivity contribution in [3.63, 3.8) is 0 Å². The van der Waals surface area contributed by atoms with Gasteiger partial charge >= 0.3 is 0 Å². The monoisotopic (exact) mass is 266 g/mol. The summed E-state index contributed by atoms with van der Waals surface area (Å²) < 4.78 is 13.5. The van der Waals surface area contributed by atoms with Crippen molar-refractivity contribution < 1.29 is 14.0 Å². The van der Waals surface area contributed by atoms with Crippen LogP contribution in [0.2, 0.25) is 0 Å². The summed E-state index contributed by atoms with van der Waals surface area (Å²) in [6.45, 7) is 4.49. The van der Waals surface area contributed by atoms with E-state index >= 15 is 0 Å². The van der Waals surface area contributed by atoms with E-state index in [0.29, 0.717) is 6.54 Å². The number of benzene rings is 1. The molecule has 0 unspecified atom stereocenters. The fourth-order valence-corrected chi connectivity index (χ4v) is 1.90. The number of Topliss-reactive ketones (excluding diaryl/α,β-unsaturated/α-hetero) is 1. The van der Waals surface area contributed by atoms with E-state index in [4.69, 9.17) is 5.73 Å². The number of primary amides is 1.